The maximum atomic E-state index is 12.8. The highest BCUT2D eigenvalue weighted by atomic mass is 16.5. The summed E-state index contributed by atoms with van der Waals surface area (Å²) in [6.07, 6.45) is 5.06. The van der Waals surface area contributed by atoms with Gasteiger partial charge in [-0.1, -0.05) is 12.8 Å². The van der Waals surface area contributed by atoms with Crippen LogP contribution in [-0.4, -0.2) is 70.2 Å². The van der Waals surface area contributed by atoms with E-state index in [0.717, 1.165) is 70.6 Å². The van der Waals surface area contributed by atoms with Crippen molar-refractivity contribution < 1.29 is 14.3 Å². The van der Waals surface area contributed by atoms with Crippen LogP contribution in [0.5, 0.6) is 0 Å². The summed E-state index contributed by atoms with van der Waals surface area (Å²) >= 11 is 0. The number of nitrogens with zero attached hydrogens (tertiary/aromatic N) is 2. The Morgan fingerprint density at radius 1 is 1.17 bits per heavy atom. The van der Waals surface area contributed by atoms with E-state index in [1.165, 1.54) is 0 Å². The third kappa shape index (κ3) is 6.18. The van der Waals surface area contributed by atoms with Crippen LogP contribution in [-0.2, 0) is 9.53 Å². The number of morpholine rings is 1. The van der Waals surface area contributed by atoms with Crippen molar-refractivity contribution in [3.63, 3.8) is 0 Å². The highest BCUT2D eigenvalue weighted by Crippen LogP contribution is 2.27. The normalized spacial score (nSPS) is 17.9. The molecule has 1 aliphatic heterocycles. The number of carbonyl (C=O) groups is 2. The molecule has 2 N–H and O–H groups in total. The van der Waals surface area contributed by atoms with Gasteiger partial charge < -0.3 is 20.3 Å². The topological polar surface area (TPSA) is 73.9 Å². The molecule has 0 unspecified atom stereocenters. The number of amides is 2. The summed E-state index contributed by atoms with van der Waals surface area (Å²) in [6.45, 7) is 5.09. The van der Waals surface area contributed by atoms with Gasteiger partial charge in [0, 0.05) is 51.0 Å². The zero-order valence-corrected chi connectivity index (χ0v) is 17.7. The number of nitrogens with one attached hydrogen (secondary N) is 2. The van der Waals surface area contributed by atoms with Crippen LogP contribution in [0.15, 0.2) is 18.2 Å². The molecule has 29 heavy (non-hydrogen) atoms. The molecule has 0 atom stereocenters. The van der Waals surface area contributed by atoms with E-state index in [9.17, 15) is 9.59 Å². The average molecular weight is 403 g/mol. The predicted molar refractivity (Wildman–Crippen MR) is 116 cm³/mol. The summed E-state index contributed by atoms with van der Waals surface area (Å²) in [7, 11) is 3.84. The van der Waals surface area contributed by atoms with Crippen LogP contribution in [0.1, 0.15) is 42.5 Å². The van der Waals surface area contributed by atoms with Crippen LogP contribution in [0, 0.1) is 5.92 Å². The number of anilines is 2. The predicted octanol–water partition coefficient (Wildman–Crippen LogP) is 2.33. The van der Waals surface area contributed by atoms with E-state index in [2.05, 4.69) is 15.5 Å². The van der Waals surface area contributed by atoms with Crippen LogP contribution in [0.25, 0.3) is 0 Å². The fourth-order valence-corrected chi connectivity index (χ4v) is 4.04. The molecule has 2 aliphatic rings. The highest BCUT2D eigenvalue weighted by Gasteiger charge is 2.23. The lowest BCUT2D eigenvalue weighted by molar-refractivity contribution is -0.119. The van der Waals surface area contributed by atoms with Gasteiger partial charge in [-0.3, -0.25) is 14.5 Å². The van der Waals surface area contributed by atoms with Crippen LogP contribution >= 0.6 is 0 Å². The molecule has 1 heterocycles. The molecule has 1 saturated carbocycles. The zero-order chi connectivity index (χ0) is 20.6. The lowest BCUT2D eigenvalue weighted by Gasteiger charge is -2.26. The summed E-state index contributed by atoms with van der Waals surface area (Å²) in [5.41, 5.74) is 2.12. The van der Waals surface area contributed by atoms with Crippen molar-refractivity contribution in [3.8, 4) is 0 Å². The lowest BCUT2D eigenvalue weighted by atomic mass is 10.1. The van der Waals surface area contributed by atoms with E-state index < -0.39 is 0 Å². The van der Waals surface area contributed by atoms with Gasteiger partial charge in [0.1, 0.15) is 0 Å². The first-order valence-corrected chi connectivity index (χ1v) is 10.7. The van der Waals surface area contributed by atoms with Crippen LogP contribution < -0.4 is 15.5 Å². The van der Waals surface area contributed by atoms with Crippen LogP contribution in [0.3, 0.4) is 0 Å². The fraction of sp³-hybridized carbons (Fsp3) is 0.636. The first-order chi connectivity index (χ1) is 14.0. The third-order valence-electron chi connectivity index (χ3n) is 5.76. The van der Waals surface area contributed by atoms with Gasteiger partial charge in [-0.05, 0) is 44.0 Å². The summed E-state index contributed by atoms with van der Waals surface area (Å²) in [4.78, 5) is 29.6. The molecule has 7 nitrogen and oxygen atoms in total. The number of hydrogen-bond acceptors (Lipinski definition) is 5. The Hall–Kier alpha value is -2.12. The molecule has 1 aromatic rings. The third-order valence-corrected chi connectivity index (χ3v) is 5.76. The number of carbonyl (C=O) groups excluding carboxylic acids is 2. The second-order valence-corrected chi connectivity index (χ2v) is 8.16. The second-order valence-electron chi connectivity index (χ2n) is 8.16. The van der Waals surface area contributed by atoms with Crippen molar-refractivity contribution >= 4 is 23.2 Å². The molecule has 3 rings (SSSR count). The Labute approximate surface area is 173 Å². The first-order valence-electron chi connectivity index (χ1n) is 10.7. The number of hydrogen-bond donors (Lipinski definition) is 2. The Kier molecular flexibility index (Phi) is 7.89. The molecule has 7 heteroatoms. The molecular formula is C22H34N4O3. The van der Waals surface area contributed by atoms with Crippen LogP contribution in [0.2, 0.25) is 0 Å². The Morgan fingerprint density at radius 3 is 2.59 bits per heavy atom. The number of rotatable bonds is 8. The molecule has 0 aromatic heterocycles. The van der Waals surface area contributed by atoms with Gasteiger partial charge in [0.05, 0.1) is 18.8 Å². The molecule has 1 aromatic carbocycles. The van der Waals surface area contributed by atoms with Crippen molar-refractivity contribution in [1.29, 1.82) is 0 Å². The highest BCUT2D eigenvalue weighted by molar-refractivity contribution is 6.02. The molecular weight excluding hydrogens is 368 g/mol. The Bertz CT molecular complexity index is 695. The van der Waals surface area contributed by atoms with Crippen molar-refractivity contribution in [2.45, 2.75) is 32.1 Å². The zero-order valence-electron chi connectivity index (χ0n) is 17.7. The van der Waals surface area contributed by atoms with Crippen molar-refractivity contribution in [2.75, 3.05) is 63.7 Å². The minimum atomic E-state index is -0.104. The molecule has 1 aliphatic carbocycles. The van der Waals surface area contributed by atoms with E-state index in [4.69, 9.17) is 4.74 Å². The van der Waals surface area contributed by atoms with Gasteiger partial charge in [-0.15, -0.1) is 0 Å². The smallest absolute Gasteiger partial charge is 0.253 e. The summed E-state index contributed by atoms with van der Waals surface area (Å²) < 4.78 is 5.36. The quantitative estimate of drug-likeness (QED) is 0.653. The Morgan fingerprint density at radius 2 is 1.90 bits per heavy atom. The van der Waals surface area contributed by atoms with Gasteiger partial charge in [0.15, 0.2) is 0 Å². The summed E-state index contributed by atoms with van der Waals surface area (Å²) in [5.74, 6) is 0.0607. The fourth-order valence-electron chi connectivity index (χ4n) is 4.04. The van der Waals surface area contributed by atoms with Gasteiger partial charge in [0.2, 0.25) is 5.91 Å². The van der Waals surface area contributed by atoms with Crippen molar-refractivity contribution in [1.82, 2.24) is 10.2 Å². The molecule has 2 amide bonds. The van der Waals surface area contributed by atoms with Gasteiger partial charge in [-0.25, -0.2) is 0 Å². The molecule has 0 bridgehead atoms. The molecule has 0 radical (unpaired) electrons. The molecule has 160 valence electrons. The Balaban J connectivity index is 1.57. The SMILES string of the molecule is CN(C)c1ccc(NC(=O)C2CCCC2)cc1C(=O)NCCCN1CCOCC1. The minimum Gasteiger partial charge on any atom is -0.379 e. The molecule has 2 fully saturated rings. The lowest BCUT2D eigenvalue weighted by Crippen LogP contribution is -2.38. The monoisotopic (exact) mass is 402 g/mol. The number of ether oxygens (including phenoxy) is 1. The van der Waals surface area contributed by atoms with E-state index in [-0.39, 0.29) is 17.7 Å². The van der Waals surface area contributed by atoms with E-state index in [0.29, 0.717) is 17.8 Å². The maximum absolute atomic E-state index is 12.8. The summed E-state index contributed by atoms with van der Waals surface area (Å²) in [5, 5.41) is 6.03. The number of benzene rings is 1. The minimum absolute atomic E-state index is 0.0666. The van der Waals surface area contributed by atoms with E-state index in [1.807, 2.05) is 31.1 Å². The summed E-state index contributed by atoms with van der Waals surface area (Å²) in [6, 6.07) is 5.56. The van der Waals surface area contributed by atoms with Crippen molar-refractivity contribution in [2.24, 2.45) is 5.92 Å². The van der Waals surface area contributed by atoms with E-state index in [1.54, 1.807) is 6.07 Å². The van der Waals surface area contributed by atoms with Crippen molar-refractivity contribution in [3.05, 3.63) is 23.8 Å². The van der Waals surface area contributed by atoms with Gasteiger partial charge in [0.25, 0.3) is 5.91 Å². The maximum Gasteiger partial charge on any atom is 0.253 e. The first kappa shape index (κ1) is 21.6. The molecule has 0 spiro atoms. The second kappa shape index (κ2) is 10.6. The van der Waals surface area contributed by atoms with E-state index >= 15 is 0 Å². The average Bonchev–Trinajstić information content (AvgIpc) is 3.27. The van der Waals surface area contributed by atoms with Gasteiger partial charge in [-0.2, -0.15) is 0 Å². The van der Waals surface area contributed by atoms with Gasteiger partial charge >= 0.3 is 0 Å². The molecule has 1 saturated heterocycles. The largest absolute Gasteiger partial charge is 0.379 e. The van der Waals surface area contributed by atoms with Crippen LogP contribution in [0.4, 0.5) is 11.4 Å². The standard InChI is InChI=1S/C22H34N4O3/c1-25(2)20-9-8-18(24-21(27)17-6-3-4-7-17)16-19(20)22(28)23-10-5-11-26-12-14-29-15-13-26/h8-9,16-17H,3-7,10-15H2,1-2H3,(H,23,28)(H,24,27).